The van der Waals surface area contributed by atoms with Crippen LogP contribution in [0.25, 0.3) is 28.1 Å². The molecular weight excluding hydrogens is 466 g/mol. The summed E-state index contributed by atoms with van der Waals surface area (Å²) >= 11 is 0. The molecular formula is C34H31N3O. The molecule has 2 aliphatic rings. The number of nitriles is 1. The van der Waals surface area contributed by atoms with Crippen LogP contribution in [0.15, 0.2) is 90.5 Å². The number of ketones is 1. The third kappa shape index (κ3) is 3.73. The first-order valence-electron chi connectivity index (χ1n) is 13.5. The van der Waals surface area contributed by atoms with Crippen LogP contribution in [0.2, 0.25) is 0 Å². The highest BCUT2D eigenvalue weighted by Crippen LogP contribution is 2.52. The summed E-state index contributed by atoms with van der Waals surface area (Å²) in [5.74, 6) is -0.120. The molecule has 0 fully saturated rings. The summed E-state index contributed by atoms with van der Waals surface area (Å²) in [6.45, 7) is 6.34. The summed E-state index contributed by atoms with van der Waals surface area (Å²) in [6.07, 6.45) is 4.67. The molecule has 0 radical (unpaired) electrons. The van der Waals surface area contributed by atoms with Crippen LogP contribution in [0, 0.1) is 23.2 Å². The number of nitrogens with zero attached hydrogens (tertiary/aromatic N) is 3. The van der Waals surface area contributed by atoms with Crippen molar-refractivity contribution in [1.82, 2.24) is 9.78 Å². The number of aromatic nitrogens is 2. The lowest BCUT2D eigenvalue weighted by Crippen LogP contribution is -2.46. The van der Waals surface area contributed by atoms with Gasteiger partial charge in [-0.1, -0.05) is 93.6 Å². The van der Waals surface area contributed by atoms with Gasteiger partial charge in [0.2, 0.25) is 0 Å². The number of allylic oxidation sites excluding steroid dienone is 2. The molecule has 4 aromatic rings. The minimum absolute atomic E-state index is 0.0351. The van der Waals surface area contributed by atoms with E-state index in [-0.39, 0.29) is 23.2 Å². The van der Waals surface area contributed by atoms with Crippen molar-refractivity contribution in [3.05, 3.63) is 107 Å². The predicted molar refractivity (Wildman–Crippen MR) is 151 cm³/mol. The van der Waals surface area contributed by atoms with E-state index in [9.17, 15) is 10.1 Å². The highest BCUT2D eigenvalue weighted by molar-refractivity contribution is 6.02. The second kappa shape index (κ2) is 9.26. The molecule has 1 heterocycles. The minimum Gasteiger partial charge on any atom is -0.293 e. The van der Waals surface area contributed by atoms with Gasteiger partial charge >= 0.3 is 0 Å². The van der Waals surface area contributed by atoms with Crippen LogP contribution in [0.5, 0.6) is 0 Å². The molecule has 4 heteroatoms. The zero-order valence-electron chi connectivity index (χ0n) is 22.1. The van der Waals surface area contributed by atoms with E-state index in [1.54, 1.807) is 0 Å². The number of benzene rings is 3. The summed E-state index contributed by atoms with van der Waals surface area (Å²) in [5, 5.41) is 15.1. The smallest absolute Gasteiger partial charge is 0.176 e. The van der Waals surface area contributed by atoms with E-state index in [4.69, 9.17) is 5.10 Å². The Bertz CT molecular complexity index is 1590. The molecule has 4 nitrogen and oxygen atoms in total. The molecule has 2 aliphatic carbocycles. The van der Waals surface area contributed by atoms with E-state index in [2.05, 4.69) is 97.4 Å². The fraction of sp³-hybridized carbons (Fsp3) is 0.265. The van der Waals surface area contributed by atoms with Crippen LogP contribution in [0.4, 0.5) is 0 Å². The monoisotopic (exact) mass is 497 g/mol. The van der Waals surface area contributed by atoms with Gasteiger partial charge in [-0.15, -0.1) is 0 Å². The number of fused-ring (bicyclic) bond motifs is 3. The minimum atomic E-state index is -0.474. The third-order valence-corrected chi connectivity index (χ3v) is 8.67. The Labute approximate surface area is 224 Å². The number of carbonyl (C=O) groups excluding carboxylic acids is 1. The lowest BCUT2D eigenvalue weighted by Gasteiger charge is -2.45. The molecule has 0 unspecified atom stereocenters. The molecule has 3 aromatic carbocycles. The molecule has 3 atom stereocenters. The number of aryl methyl sites for hydroxylation is 1. The van der Waals surface area contributed by atoms with Gasteiger partial charge in [-0.05, 0) is 54.0 Å². The second-order valence-electron chi connectivity index (χ2n) is 10.8. The highest BCUT2D eigenvalue weighted by atomic mass is 16.1. The van der Waals surface area contributed by atoms with Crippen molar-refractivity contribution in [2.24, 2.45) is 11.8 Å². The van der Waals surface area contributed by atoms with E-state index >= 15 is 0 Å². The Morgan fingerprint density at radius 3 is 2.29 bits per heavy atom. The van der Waals surface area contributed by atoms with Gasteiger partial charge < -0.3 is 0 Å². The number of hydrogen-bond acceptors (Lipinski definition) is 3. The molecule has 188 valence electrons. The Morgan fingerprint density at radius 1 is 0.974 bits per heavy atom. The van der Waals surface area contributed by atoms with Crippen LogP contribution < -0.4 is 0 Å². The van der Waals surface area contributed by atoms with Crippen molar-refractivity contribution in [3.63, 3.8) is 0 Å². The van der Waals surface area contributed by atoms with Crippen molar-refractivity contribution in [2.75, 3.05) is 0 Å². The standard InChI is InChI=1S/C34H31N3O/c1-4-23-10-12-26(13-11-23)31-29-18-19-30-22(2)32(38)27(21-35)20-34(30,3)33(29)37(36-31)28-16-14-25(15-17-28)24-8-6-5-7-9-24/h5-17,20,22,30H,4,18-19H2,1-3H3/t22-,30-,34-/m1/s1. The van der Waals surface area contributed by atoms with Crippen molar-refractivity contribution in [1.29, 1.82) is 5.26 Å². The lowest BCUT2D eigenvalue weighted by molar-refractivity contribution is -0.121. The number of carbonyl (C=O) groups is 1. The van der Waals surface area contributed by atoms with Crippen LogP contribution in [0.1, 0.15) is 44.0 Å². The molecule has 38 heavy (non-hydrogen) atoms. The molecule has 1 aromatic heterocycles. The maximum Gasteiger partial charge on any atom is 0.176 e. The van der Waals surface area contributed by atoms with Gasteiger partial charge in [0.1, 0.15) is 6.07 Å². The Balaban J connectivity index is 1.56. The van der Waals surface area contributed by atoms with Crippen LogP contribution in [-0.2, 0) is 23.1 Å². The van der Waals surface area contributed by atoms with Crippen molar-refractivity contribution < 1.29 is 4.79 Å². The number of rotatable bonds is 4. The van der Waals surface area contributed by atoms with Gasteiger partial charge in [0.05, 0.1) is 22.6 Å². The Hall–Kier alpha value is -4.23. The molecule has 0 spiro atoms. The van der Waals surface area contributed by atoms with Crippen LogP contribution >= 0.6 is 0 Å². The molecule has 0 N–H and O–H groups in total. The Morgan fingerprint density at radius 2 is 1.63 bits per heavy atom. The zero-order chi connectivity index (χ0) is 26.4. The van der Waals surface area contributed by atoms with Gasteiger partial charge in [-0.25, -0.2) is 4.68 Å². The molecule has 0 amide bonds. The van der Waals surface area contributed by atoms with E-state index in [1.807, 2.05) is 19.1 Å². The SMILES string of the molecule is CCc1ccc(-c2nn(-c3ccc(-c4ccccc4)cc3)c3c2CC[C@@H]2[C@@H](C)C(=O)C(C#N)=C[C@@]32C)cc1. The maximum absolute atomic E-state index is 13.0. The molecule has 6 rings (SSSR count). The first-order valence-corrected chi connectivity index (χ1v) is 13.5. The van der Waals surface area contributed by atoms with Crippen molar-refractivity contribution in [2.45, 2.75) is 45.4 Å². The van der Waals surface area contributed by atoms with Gasteiger partial charge in [0.15, 0.2) is 5.78 Å². The fourth-order valence-electron chi connectivity index (χ4n) is 6.59. The third-order valence-electron chi connectivity index (χ3n) is 8.67. The van der Waals surface area contributed by atoms with Crippen LogP contribution in [-0.4, -0.2) is 15.6 Å². The van der Waals surface area contributed by atoms with Gasteiger partial charge in [-0.3, -0.25) is 4.79 Å². The fourth-order valence-corrected chi connectivity index (χ4v) is 6.59. The summed E-state index contributed by atoms with van der Waals surface area (Å²) < 4.78 is 2.08. The highest BCUT2D eigenvalue weighted by Gasteiger charge is 2.50. The van der Waals surface area contributed by atoms with E-state index in [0.717, 1.165) is 47.5 Å². The summed E-state index contributed by atoms with van der Waals surface area (Å²) in [4.78, 5) is 13.0. The zero-order valence-corrected chi connectivity index (χ0v) is 22.1. The molecule has 0 saturated carbocycles. The van der Waals surface area contributed by atoms with Gasteiger partial charge in [0, 0.05) is 22.5 Å². The van der Waals surface area contributed by atoms with Gasteiger partial charge in [-0.2, -0.15) is 10.4 Å². The first kappa shape index (κ1) is 24.1. The lowest BCUT2D eigenvalue weighted by atomic mass is 9.57. The first-order chi connectivity index (χ1) is 18.4. The maximum atomic E-state index is 13.0. The topological polar surface area (TPSA) is 58.7 Å². The van der Waals surface area contributed by atoms with Gasteiger partial charge in [0.25, 0.3) is 0 Å². The average molecular weight is 498 g/mol. The van der Waals surface area contributed by atoms with E-state index in [1.165, 1.54) is 16.7 Å². The van der Waals surface area contributed by atoms with E-state index in [0.29, 0.717) is 0 Å². The Kier molecular flexibility index (Phi) is 5.88. The molecule has 0 aliphatic heterocycles. The largest absolute Gasteiger partial charge is 0.293 e. The summed E-state index contributed by atoms with van der Waals surface area (Å²) in [7, 11) is 0. The van der Waals surface area contributed by atoms with Crippen LogP contribution in [0.3, 0.4) is 0 Å². The number of hydrogen-bond donors (Lipinski definition) is 0. The van der Waals surface area contributed by atoms with Crippen molar-refractivity contribution >= 4 is 5.78 Å². The predicted octanol–water partition coefficient (Wildman–Crippen LogP) is 7.26. The summed E-state index contributed by atoms with van der Waals surface area (Å²) in [6, 6.07) is 29.8. The molecule has 0 bridgehead atoms. The second-order valence-corrected chi connectivity index (χ2v) is 10.8. The van der Waals surface area contributed by atoms with E-state index < -0.39 is 5.41 Å². The number of Topliss-reactive ketones (excluding diaryl/α,β-unsaturated/α-hetero) is 1. The normalized spacial score (nSPS) is 22.3. The van der Waals surface area contributed by atoms with Crippen molar-refractivity contribution in [3.8, 4) is 34.1 Å². The summed E-state index contributed by atoms with van der Waals surface area (Å²) in [5.41, 5.74) is 8.81. The molecule has 0 saturated heterocycles. The average Bonchev–Trinajstić information content (AvgIpc) is 3.37. The quantitative estimate of drug-likeness (QED) is 0.298.